The summed E-state index contributed by atoms with van der Waals surface area (Å²) in [5, 5.41) is 2.94. The molecule has 4 nitrogen and oxygen atoms in total. The van der Waals surface area contributed by atoms with E-state index in [4.69, 9.17) is 10.5 Å². The fraction of sp³-hybridized carbons (Fsp3) is 0.438. The molecule has 0 saturated carbocycles. The van der Waals surface area contributed by atoms with Crippen LogP contribution in [0.1, 0.15) is 24.0 Å². The monoisotopic (exact) mass is 272 g/mol. The van der Waals surface area contributed by atoms with Gasteiger partial charge in [-0.2, -0.15) is 0 Å². The normalized spacial score (nSPS) is 18.0. The Labute approximate surface area is 119 Å². The summed E-state index contributed by atoms with van der Waals surface area (Å²) in [7, 11) is 0. The van der Waals surface area contributed by atoms with Crippen molar-refractivity contribution in [2.75, 3.05) is 25.1 Å². The van der Waals surface area contributed by atoms with Gasteiger partial charge in [-0.05, 0) is 43.5 Å². The molecular formula is C16H20N2O2. The van der Waals surface area contributed by atoms with E-state index in [1.54, 1.807) is 0 Å². The molecule has 1 aromatic carbocycles. The van der Waals surface area contributed by atoms with Crippen LogP contribution in [0.4, 0.5) is 5.69 Å². The highest BCUT2D eigenvalue weighted by atomic mass is 16.5. The number of carbonyl (C=O) groups is 1. The Morgan fingerprint density at radius 1 is 1.55 bits per heavy atom. The van der Waals surface area contributed by atoms with Crippen LogP contribution in [-0.4, -0.2) is 25.7 Å². The molecule has 1 saturated heterocycles. The number of ether oxygens (including phenoxy) is 1. The van der Waals surface area contributed by atoms with Crippen LogP contribution in [0.25, 0.3) is 0 Å². The second kappa shape index (κ2) is 7.09. The Bertz CT molecular complexity index is 537. The lowest BCUT2D eigenvalue weighted by Gasteiger charge is -2.21. The van der Waals surface area contributed by atoms with Gasteiger partial charge in [-0.15, -0.1) is 0 Å². The summed E-state index contributed by atoms with van der Waals surface area (Å²) in [5.74, 6) is 5.83. The third-order valence-electron chi connectivity index (χ3n) is 3.35. The summed E-state index contributed by atoms with van der Waals surface area (Å²) < 4.78 is 5.34. The molecule has 1 unspecified atom stereocenters. The van der Waals surface area contributed by atoms with Gasteiger partial charge in [-0.25, -0.2) is 0 Å². The molecule has 0 aromatic heterocycles. The maximum absolute atomic E-state index is 12.1. The van der Waals surface area contributed by atoms with Crippen molar-refractivity contribution in [1.29, 1.82) is 0 Å². The molecule has 1 atom stereocenters. The molecule has 1 aliphatic heterocycles. The van der Waals surface area contributed by atoms with E-state index in [1.807, 2.05) is 25.1 Å². The third kappa shape index (κ3) is 3.83. The molecule has 1 aromatic rings. The van der Waals surface area contributed by atoms with E-state index in [0.29, 0.717) is 13.2 Å². The van der Waals surface area contributed by atoms with Crippen molar-refractivity contribution in [2.45, 2.75) is 19.8 Å². The maximum atomic E-state index is 12.1. The van der Waals surface area contributed by atoms with Crippen LogP contribution in [-0.2, 0) is 9.53 Å². The molecule has 1 fully saturated rings. The van der Waals surface area contributed by atoms with Crippen LogP contribution < -0.4 is 11.1 Å². The quantitative estimate of drug-likeness (QED) is 0.805. The zero-order valence-electron chi connectivity index (χ0n) is 11.7. The minimum Gasteiger partial charge on any atom is -0.381 e. The SMILES string of the molecule is Cc1cc(NC(=O)C2CCCOC2)ccc1C#CCN. The summed E-state index contributed by atoms with van der Waals surface area (Å²) in [6.07, 6.45) is 1.84. The highest BCUT2D eigenvalue weighted by Crippen LogP contribution is 2.18. The predicted molar refractivity (Wildman–Crippen MR) is 79.3 cm³/mol. The lowest BCUT2D eigenvalue weighted by Crippen LogP contribution is -2.30. The van der Waals surface area contributed by atoms with Gasteiger partial charge in [0, 0.05) is 17.9 Å². The first-order valence-electron chi connectivity index (χ1n) is 6.89. The summed E-state index contributed by atoms with van der Waals surface area (Å²) in [5.41, 5.74) is 8.14. The fourth-order valence-electron chi connectivity index (χ4n) is 2.22. The summed E-state index contributed by atoms with van der Waals surface area (Å²) in [6, 6.07) is 5.71. The number of hydrogen-bond acceptors (Lipinski definition) is 3. The van der Waals surface area contributed by atoms with Gasteiger partial charge in [0.2, 0.25) is 5.91 Å². The summed E-state index contributed by atoms with van der Waals surface area (Å²) >= 11 is 0. The van der Waals surface area contributed by atoms with Gasteiger partial charge >= 0.3 is 0 Å². The summed E-state index contributed by atoms with van der Waals surface area (Å²) in [6.45, 7) is 3.60. The molecular weight excluding hydrogens is 252 g/mol. The summed E-state index contributed by atoms with van der Waals surface area (Å²) in [4.78, 5) is 12.1. The van der Waals surface area contributed by atoms with Gasteiger partial charge in [-0.3, -0.25) is 4.79 Å². The van der Waals surface area contributed by atoms with E-state index in [1.165, 1.54) is 0 Å². The largest absolute Gasteiger partial charge is 0.381 e. The number of nitrogens with two attached hydrogens (primary N) is 1. The van der Waals surface area contributed by atoms with Gasteiger partial charge in [0.25, 0.3) is 0 Å². The van der Waals surface area contributed by atoms with E-state index in [0.717, 1.165) is 36.3 Å². The van der Waals surface area contributed by atoms with E-state index in [2.05, 4.69) is 17.2 Å². The van der Waals surface area contributed by atoms with Crippen molar-refractivity contribution < 1.29 is 9.53 Å². The van der Waals surface area contributed by atoms with Gasteiger partial charge in [0.1, 0.15) is 0 Å². The average Bonchev–Trinajstić information content (AvgIpc) is 2.47. The highest BCUT2D eigenvalue weighted by molar-refractivity contribution is 5.92. The fourth-order valence-corrected chi connectivity index (χ4v) is 2.22. The van der Waals surface area contributed by atoms with Gasteiger partial charge in [0.05, 0.1) is 19.1 Å². The molecule has 4 heteroatoms. The van der Waals surface area contributed by atoms with Crippen LogP contribution >= 0.6 is 0 Å². The van der Waals surface area contributed by atoms with E-state index in [9.17, 15) is 4.79 Å². The Morgan fingerprint density at radius 2 is 2.40 bits per heavy atom. The topological polar surface area (TPSA) is 64.3 Å². The number of nitrogens with one attached hydrogen (secondary N) is 1. The van der Waals surface area contributed by atoms with Crippen LogP contribution in [0.2, 0.25) is 0 Å². The third-order valence-corrected chi connectivity index (χ3v) is 3.35. The molecule has 1 amide bonds. The molecule has 3 N–H and O–H groups in total. The van der Waals surface area contributed by atoms with Crippen molar-refractivity contribution >= 4 is 11.6 Å². The number of benzene rings is 1. The minimum absolute atomic E-state index is 0.0323. The van der Waals surface area contributed by atoms with Crippen LogP contribution in [0.15, 0.2) is 18.2 Å². The second-order valence-corrected chi connectivity index (χ2v) is 4.94. The molecule has 0 spiro atoms. The molecule has 0 bridgehead atoms. The Kier molecular flexibility index (Phi) is 5.16. The van der Waals surface area contributed by atoms with Gasteiger partial charge in [0.15, 0.2) is 0 Å². The number of aryl methyl sites for hydroxylation is 1. The molecule has 20 heavy (non-hydrogen) atoms. The first kappa shape index (κ1) is 14.6. The number of anilines is 1. The second-order valence-electron chi connectivity index (χ2n) is 4.94. The molecule has 0 aliphatic carbocycles. The van der Waals surface area contributed by atoms with Crippen molar-refractivity contribution in [3.63, 3.8) is 0 Å². The first-order valence-corrected chi connectivity index (χ1v) is 6.89. The lowest BCUT2D eigenvalue weighted by atomic mass is 10.0. The number of amides is 1. The zero-order chi connectivity index (χ0) is 14.4. The van der Waals surface area contributed by atoms with Crippen molar-refractivity contribution in [3.8, 4) is 11.8 Å². The Hall–Kier alpha value is -1.83. The zero-order valence-corrected chi connectivity index (χ0v) is 11.7. The van der Waals surface area contributed by atoms with E-state index in [-0.39, 0.29) is 11.8 Å². The van der Waals surface area contributed by atoms with Gasteiger partial charge in [-0.1, -0.05) is 11.8 Å². The molecule has 2 rings (SSSR count). The van der Waals surface area contributed by atoms with Crippen LogP contribution in [0.3, 0.4) is 0 Å². The number of rotatable bonds is 2. The maximum Gasteiger partial charge on any atom is 0.229 e. The van der Waals surface area contributed by atoms with Crippen molar-refractivity contribution in [3.05, 3.63) is 29.3 Å². The van der Waals surface area contributed by atoms with Crippen LogP contribution in [0.5, 0.6) is 0 Å². The van der Waals surface area contributed by atoms with E-state index >= 15 is 0 Å². The first-order chi connectivity index (χ1) is 9.70. The molecule has 1 heterocycles. The predicted octanol–water partition coefficient (Wildman–Crippen LogP) is 1.67. The Morgan fingerprint density at radius 3 is 3.05 bits per heavy atom. The van der Waals surface area contributed by atoms with Crippen LogP contribution in [0, 0.1) is 24.7 Å². The van der Waals surface area contributed by atoms with E-state index < -0.39 is 0 Å². The number of carbonyl (C=O) groups excluding carboxylic acids is 1. The minimum atomic E-state index is -0.0410. The lowest BCUT2D eigenvalue weighted by molar-refractivity contribution is -0.123. The smallest absolute Gasteiger partial charge is 0.229 e. The number of hydrogen-bond donors (Lipinski definition) is 2. The standard InChI is InChI=1S/C16H20N2O2/c1-12-10-15(7-6-13(12)4-2-8-17)18-16(19)14-5-3-9-20-11-14/h6-7,10,14H,3,5,8-9,11,17H2,1H3,(H,18,19). The highest BCUT2D eigenvalue weighted by Gasteiger charge is 2.21. The molecule has 1 aliphatic rings. The molecule has 0 radical (unpaired) electrons. The Balaban J connectivity index is 2.02. The molecule has 106 valence electrons. The van der Waals surface area contributed by atoms with Crippen molar-refractivity contribution in [1.82, 2.24) is 0 Å². The van der Waals surface area contributed by atoms with Gasteiger partial charge < -0.3 is 15.8 Å². The van der Waals surface area contributed by atoms with Crippen molar-refractivity contribution in [2.24, 2.45) is 11.7 Å². The average molecular weight is 272 g/mol.